The molecule has 3 aromatic rings. The van der Waals surface area contributed by atoms with E-state index in [9.17, 15) is 9.59 Å². The monoisotopic (exact) mass is 409 g/mol. The molecular weight excluding hydrogens is 390 g/mol. The van der Waals surface area contributed by atoms with E-state index in [1.54, 1.807) is 42.5 Å². The summed E-state index contributed by atoms with van der Waals surface area (Å²) < 4.78 is 5.91. The van der Waals surface area contributed by atoms with Crippen LogP contribution in [-0.4, -0.2) is 18.4 Å². The molecule has 0 aromatic heterocycles. The second-order valence-electron chi connectivity index (χ2n) is 6.40. The van der Waals surface area contributed by atoms with Crippen molar-refractivity contribution in [1.29, 1.82) is 0 Å². The molecule has 0 aliphatic heterocycles. The predicted octanol–water partition coefficient (Wildman–Crippen LogP) is 4.59. The molecule has 0 unspecified atom stereocenters. The quantitative estimate of drug-likeness (QED) is 0.532. The number of hydrogen-bond donors (Lipinski definition) is 3. The first-order chi connectivity index (χ1) is 13.9. The van der Waals surface area contributed by atoms with E-state index in [1.807, 2.05) is 31.2 Å². The summed E-state index contributed by atoms with van der Waals surface area (Å²) in [6.45, 7) is 2.00. The molecule has 0 saturated carbocycles. The molecule has 3 aromatic carbocycles. The average Bonchev–Trinajstić information content (AvgIpc) is 2.70. The van der Waals surface area contributed by atoms with Crippen molar-refractivity contribution in [2.75, 3.05) is 17.2 Å². The molecule has 0 saturated heterocycles. The van der Waals surface area contributed by atoms with Crippen LogP contribution in [-0.2, 0) is 4.79 Å². The summed E-state index contributed by atoms with van der Waals surface area (Å²) in [6.07, 6.45) is 0. The zero-order chi connectivity index (χ0) is 20.8. The predicted molar refractivity (Wildman–Crippen MR) is 115 cm³/mol. The molecule has 148 valence electrons. The van der Waals surface area contributed by atoms with Crippen molar-refractivity contribution in [3.05, 3.63) is 82.9 Å². The molecule has 0 radical (unpaired) electrons. The molecule has 29 heavy (non-hydrogen) atoms. The number of aryl methyl sites for hydroxylation is 1. The number of nitrogens with one attached hydrogen (secondary N) is 2. The van der Waals surface area contributed by atoms with Gasteiger partial charge in [0, 0.05) is 16.3 Å². The minimum absolute atomic E-state index is 0.00215. The van der Waals surface area contributed by atoms with E-state index in [-0.39, 0.29) is 12.5 Å². The molecule has 0 atom stereocenters. The van der Waals surface area contributed by atoms with Crippen LogP contribution in [0.1, 0.15) is 15.9 Å². The Morgan fingerprint density at radius 1 is 1.00 bits per heavy atom. The lowest BCUT2D eigenvalue weighted by Gasteiger charge is -2.14. The molecule has 0 aliphatic rings. The zero-order valence-corrected chi connectivity index (χ0v) is 16.5. The van der Waals surface area contributed by atoms with Crippen LogP contribution in [0.4, 0.5) is 11.4 Å². The minimum Gasteiger partial charge on any atom is -0.455 e. The van der Waals surface area contributed by atoms with Crippen molar-refractivity contribution in [3.8, 4) is 11.5 Å². The van der Waals surface area contributed by atoms with Gasteiger partial charge >= 0.3 is 0 Å². The third-order valence-electron chi connectivity index (χ3n) is 4.08. The van der Waals surface area contributed by atoms with Gasteiger partial charge in [-0.05, 0) is 61.5 Å². The van der Waals surface area contributed by atoms with Crippen molar-refractivity contribution in [1.82, 2.24) is 0 Å². The third-order valence-corrected chi connectivity index (χ3v) is 4.32. The van der Waals surface area contributed by atoms with E-state index < -0.39 is 5.91 Å². The van der Waals surface area contributed by atoms with Gasteiger partial charge in [0.25, 0.3) is 0 Å². The lowest BCUT2D eigenvalue weighted by atomic mass is 10.2. The first-order valence-electron chi connectivity index (χ1n) is 8.88. The molecule has 3 rings (SSSR count). The summed E-state index contributed by atoms with van der Waals surface area (Å²) in [6, 6.07) is 19.1. The summed E-state index contributed by atoms with van der Waals surface area (Å²) in [5, 5.41) is 6.30. The molecule has 6 nitrogen and oxygen atoms in total. The zero-order valence-electron chi connectivity index (χ0n) is 15.7. The Morgan fingerprint density at radius 3 is 2.34 bits per heavy atom. The van der Waals surface area contributed by atoms with Gasteiger partial charge in [-0.15, -0.1) is 0 Å². The van der Waals surface area contributed by atoms with E-state index in [1.165, 1.54) is 0 Å². The number of carbonyl (C=O) groups is 2. The van der Waals surface area contributed by atoms with Crippen LogP contribution in [0.15, 0.2) is 66.7 Å². The first kappa shape index (κ1) is 20.2. The van der Waals surface area contributed by atoms with Gasteiger partial charge in [0.05, 0.1) is 12.2 Å². The SMILES string of the molecule is Cc1ccc(Oc2ccc(Cl)cc2NCC(=O)Nc2ccc(C(N)=O)cc2)cc1. The topological polar surface area (TPSA) is 93.4 Å². The van der Waals surface area contributed by atoms with Crippen molar-refractivity contribution < 1.29 is 14.3 Å². The van der Waals surface area contributed by atoms with Gasteiger partial charge in [0.15, 0.2) is 5.75 Å². The Kier molecular flexibility index (Phi) is 6.36. The number of ether oxygens (including phenoxy) is 1. The molecule has 2 amide bonds. The third kappa shape index (κ3) is 5.73. The van der Waals surface area contributed by atoms with Gasteiger partial charge < -0.3 is 21.1 Å². The number of benzene rings is 3. The van der Waals surface area contributed by atoms with Gasteiger partial charge in [0.1, 0.15) is 5.75 Å². The van der Waals surface area contributed by atoms with Crippen LogP contribution >= 0.6 is 11.6 Å². The summed E-state index contributed by atoms with van der Waals surface area (Å²) in [5.74, 6) is 0.446. The number of nitrogens with two attached hydrogens (primary N) is 1. The number of carbonyl (C=O) groups excluding carboxylic acids is 2. The number of primary amides is 1. The Labute approximate surface area is 173 Å². The molecule has 0 spiro atoms. The van der Waals surface area contributed by atoms with Crippen LogP contribution in [0.2, 0.25) is 5.02 Å². The molecule has 0 fully saturated rings. The van der Waals surface area contributed by atoms with E-state index in [4.69, 9.17) is 22.1 Å². The highest BCUT2D eigenvalue weighted by Gasteiger charge is 2.09. The Balaban J connectivity index is 1.64. The van der Waals surface area contributed by atoms with E-state index in [0.717, 1.165) is 5.56 Å². The number of hydrogen-bond acceptors (Lipinski definition) is 4. The Morgan fingerprint density at radius 2 is 1.69 bits per heavy atom. The smallest absolute Gasteiger partial charge is 0.248 e. The summed E-state index contributed by atoms with van der Waals surface area (Å²) in [5.41, 5.74) is 7.87. The highest BCUT2D eigenvalue weighted by atomic mass is 35.5. The first-order valence-corrected chi connectivity index (χ1v) is 9.26. The standard InChI is InChI=1S/C22H20ClN3O3/c1-14-2-9-18(10-3-14)29-20-11-6-16(23)12-19(20)25-13-21(27)26-17-7-4-15(5-8-17)22(24)28/h2-12,25H,13H2,1H3,(H2,24,28)(H,26,27). The summed E-state index contributed by atoms with van der Waals surface area (Å²) >= 11 is 6.09. The molecule has 0 heterocycles. The maximum Gasteiger partial charge on any atom is 0.248 e. The molecular formula is C22H20ClN3O3. The molecule has 0 aliphatic carbocycles. The highest BCUT2D eigenvalue weighted by Crippen LogP contribution is 2.32. The maximum atomic E-state index is 12.3. The van der Waals surface area contributed by atoms with Gasteiger partial charge in [-0.1, -0.05) is 29.3 Å². The van der Waals surface area contributed by atoms with Gasteiger partial charge in [-0.2, -0.15) is 0 Å². The van der Waals surface area contributed by atoms with Crippen LogP contribution in [0.5, 0.6) is 11.5 Å². The molecule has 4 N–H and O–H groups in total. The van der Waals surface area contributed by atoms with Crippen molar-refractivity contribution >= 4 is 34.8 Å². The van der Waals surface area contributed by atoms with Gasteiger partial charge in [-0.3, -0.25) is 9.59 Å². The maximum absolute atomic E-state index is 12.3. The van der Waals surface area contributed by atoms with Crippen LogP contribution in [0, 0.1) is 6.92 Å². The van der Waals surface area contributed by atoms with Gasteiger partial charge in [0.2, 0.25) is 11.8 Å². The minimum atomic E-state index is -0.522. The fraction of sp³-hybridized carbons (Fsp3) is 0.0909. The number of rotatable bonds is 7. The average molecular weight is 410 g/mol. The summed E-state index contributed by atoms with van der Waals surface area (Å²) in [7, 11) is 0. The van der Waals surface area contributed by atoms with Crippen LogP contribution < -0.4 is 21.1 Å². The van der Waals surface area contributed by atoms with E-state index >= 15 is 0 Å². The fourth-order valence-electron chi connectivity index (χ4n) is 2.56. The number of amides is 2. The Hall–Kier alpha value is -3.51. The van der Waals surface area contributed by atoms with Crippen LogP contribution in [0.3, 0.4) is 0 Å². The largest absolute Gasteiger partial charge is 0.455 e. The lowest BCUT2D eigenvalue weighted by Crippen LogP contribution is -2.22. The Bertz CT molecular complexity index is 1020. The molecule has 0 bridgehead atoms. The van der Waals surface area contributed by atoms with E-state index in [0.29, 0.717) is 33.5 Å². The highest BCUT2D eigenvalue weighted by molar-refractivity contribution is 6.31. The van der Waals surface area contributed by atoms with Crippen molar-refractivity contribution in [3.63, 3.8) is 0 Å². The fourth-order valence-corrected chi connectivity index (χ4v) is 2.73. The summed E-state index contributed by atoms with van der Waals surface area (Å²) in [4.78, 5) is 23.4. The second-order valence-corrected chi connectivity index (χ2v) is 6.84. The molecule has 7 heteroatoms. The number of anilines is 2. The number of halogens is 1. The second kappa shape index (κ2) is 9.12. The van der Waals surface area contributed by atoms with Crippen LogP contribution in [0.25, 0.3) is 0 Å². The van der Waals surface area contributed by atoms with E-state index in [2.05, 4.69) is 10.6 Å². The van der Waals surface area contributed by atoms with Crippen molar-refractivity contribution in [2.24, 2.45) is 5.73 Å². The van der Waals surface area contributed by atoms with Gasteiger partial charge in [-0.25, -0.2) is 0 Å². The normalized spacial score (nSPS) is 10.3. The lowest BCUT2D eigenvalue weighted by molar-refractivity contribution is -0.114. The van der Waals surface area contributed by atoms with Crippen molar-refractivity contribution in [2.45, 2.75) is 6.92 Å².